The second-order valence-corrected chi connectivity index (χ2v) is 9.95. The standard InChI is InChI=1S/C11H13BrClFO5S2/c1-2-20(15,16)5-3-4-19-10-7-9(14)11(6-8(10)12)21(13,17)18/h6-7H,2-5H2,1H3. The fourth-order valence-electron chi connectivity index (χ4n) is 1.41. The Labute approximate surface area is 135 Å². The summed E-state index contributed by atoms with van der Waals surface area (Å²) >= 11 is 3.05. The van der Waals surface area contributed by atoms with Crippen molar-refractivity contribution in [2.45, 2.75) is 18.2 Å². The molecule has 0 aliphatic heterocycles. The molecule has 0 unspecified atom stereocenters. The average Bonchev–Trinajstić information content (AvgIpc) is 2.36. The van der Waals surface area contributed by atoms with Gasteiger partial charge >= 0.3 is 0 Å². The Kier molecular flexibility index (Phi) is 6.45. The molecule has 0 heterocycles. The van der Waals surface area contributed by atoms with Crippen LogP contribution in [0.25, 0.3) is 0 Å². The highest BCUT2D eigenvalue weighted by Crippen LogP contribution is 2.31. The van der Waals surface area contributed by atoms with Crippen LogP contribution in [0.5, 0.6) is 5.75 Å². The third-order valence-electron chi connectivity index (χ3n) is 2.55. The number of hydrogen-bond donors (Lipinski definition) is 0. The van der Waals surface area contributed by atoms with Gasteiger partial charge in [0.15, 0.2) is 0 Å². The molecular formula is C11H13BrClFO5S2. The van der Waals surface area contributed by atoms with Crippen LogP contribution in [0.2, 0.25) is 0 Å². The number of halogens is 3. The zero-order chi connectivity index (χ0) is 16.3. The van der Waals surface area contributed by atoms with Gasteiger partial charge in [-0.3, -0.25) is 0 Å². The van der Waals surface area contributed by atoms with Crippen molar-refractivity contribution in [1.82, 2.24) is 0 Å². The largest absolute Gasteiger partial charge is 0.492 e. The molecule has 0 amide bonds. The van der Waals surface area contributed by atoms with E-state index >= 15 is 0 Å². The van der Waals surface area contributed by atoms with Gasteiger partial charge in [-0.2, -0.15) is 0 Å². The van der Waals surface area contributed by atoms with Gasteiger partial charge in [-0.25, -0.2) is 21.2 Å². The van der Waals surface area contributed by atoms with Gasteiger partial charge in [0.05, 0.1) is 16.8 Å². The van der Waals surface area contributed by atoms with E-state index in [1.54, 1.807) is 6.92 Å². The Morgan fingerprint density at radius 3 is 2.43 bits per heavy atom. The third-order valence-corrected chi connectivity index (χ3v) is 6.29. The Morgan fingerprint density at radius 1 is 1.29 bits per heavy atom. The lowest BCUT2D eigenvalue weighted by Crippen LogP contribution is -2.12. The first-order chi connectivity index (χ1) is 9.57. The van der Waals surface area contributed by atoms with Crippen molar-refractivity contribution >= 4 is 45.5 Å². The molecule has 0 aliphatic rings. The zero-order valence-electron chi connectivity index (χ0n) is 11.0. The van der Waals surface area contributed by atoms with Crippen LogP contribution in [0.4, 0.5) is 4.39 Å². The van der Waals surface area contributed by atoms with Gasteiger partial charge in [-0.05, 0) is 28.4 Å². The van der Waals surface area contributed by atoms with Gasteiger partial charge in [-0.1, -0.05) is 6.92 Å². The molecule has 0 saturated heterocycles. The van der Waals surface area contributed by atoms with Crippen LogP contribution in [0.1, 0.15) is 13.3 Å². The van der Waals surface area contributed by atoms with Crippen LogP contribution in [-0.2, 0) is 18.9 Å². The molecule has 120 valence electrons. The van der Waals surface area contributed by atoms with E-state index in [1.165, 1.54) is 0 Å². The van der Waals surface area contributed by atoms with Gasteiger partial charge in [-0.15, -0.1) is 0 Å². The van der Waals surface area contributed by atoms with Gasteiger partial charge in [0.25, 0.3) is 9.05 Å². The molecule has 0 radical (unpaired) electrons. The number of rotatable bonds is 7. The van der Waals surface area contributed by atoms with Crippen LogP contribution in [-0.4, -0.2) is 34.9 Å². The van der Waals surface area contributed by atoms with Crippen molar-refractivity contribution in [3.8, 4) is 5.75 Å². The zero-order valence-corrected chi connectivity index (χ0v) is 14.9. The van der Waals surface area contributed by atoms with E-state index in [4.69, 9.17) is 15.4 Å². The maximum Gasteiger partial charge on any atom is 0.264 e. The summed E-state index contributed by atoms with van der Waals surface area (Å²) < 4.78 is 63.9. The van der Waals surface area contributed by atoms with Crippen LogP contribution in [0, 0.1) is 5.82 Å². The first-order valence-corrected chi connectivity index (χ1v) is 10.8. The lowest BCUT2D eigenvalue weighted by Gasteiger charge is -2.10. The summed E-state index contributed by atoms with van der Waals surface area (Å²) in [5, 5.41) is 0. The van der Waals surface area contributed by atoms with Crippen LogP contribution >= 0.6 is 26.6 Å². The highest BCUT2D eigenvalue weighted by atomic mass is 79.9. The first kappa shape index (κ1) is 18.7. The number of benzene rings is 1. The van der Waals surface area contributed by atoms with Gasteiger partial charge in [0.1, 0.15) is 26.3 Å². The monoisotopic (exact) mass is 422 g/mol. The van der Waals surface area contributed by atoms with Crippen molar-refractivity contribution in [3.63, 3.8) is 0 Å². The van der Waals surface area contributed by atoms with Crippen LogP contribution in [0.15, 0.2) is 21.5 Å². The quantitative estimate of drug-likeness (QED) is 0.498. The summed E-state index contributed by atoms with van der Waals surface area (Å²) in [4.78, 5) is -0.656. The minimum Gasteiger partial charge on any atom is -0.492 e. The fraction of sp³-hybridized carbons (Fsp3) is 0.455. The molecule has 0 atom stereocenters. The predicted molar refractivity (Wildman–Crippen MR) is 81.6 cm³/mol. The fourth-order valence-corrected chi connectivity index (χ4v) is 3.77. The highest BCUT2D eigenvalue weighted by molar-refractivity contribution is 9.10. The number of ether oxygens (including phenoxy) is 1. The van der Waals surface area contributed by atoms with E-state index in [2.05, 4.69) is 15.9 Å². The van der Waals surface area contributed by atoms with Crippen molar-refractivity contribution in [2.75, 3.05) is 18.1 Å². The van der Waals surface area contributed by atoms with Crippen molar-refractivity contribution in [2.24, 2.45) is 0 Å². The third kappa shape index (κ3) is 5.72. The molecule has 0 aliphatic carbocycles. The molecule has 10 heteroatoms. The van der Waals surface area contributed by atoms with Crippen molar-refractivity contribution in [3.05, 3.63) is 22.4 Å². The molecule has 1 aromatic rings. The summed E-state index contributed by atoms with van der Waals surface area (Å²) in [6.45, 7) is 1.61. The second kappa shape index (κ2) is 7.26. The Bertz CT molecular complexity index is 718. The summed E-state index contributed by atoms with van der Waals surface area (Å²) in [6.07, 6.45) is 0.250. The molecule has 0 N–H and O–H groups in total. The molecule has 0 saturated carbocycles. The average molecular weight is 424 g/mol. The molecule has 1 aromatic carbocycles. The van der Waals surface area contributed by atoms with Gasteiger partial charge in [0.2, 0.25) is 0 Å². The lowest BCUT2D eigenvalue weighted by atomic mass is 10.3. The summed E-state index contributed by atoms with van der Waals surface area (Å²) in [6, 6.07) is 1.88. The van der Waals surface area contributed by atoms with Crippen LogP contribution in [0.3, 0.4) is 0 Å². The molecule has 0 aromatic heterocycles. The normalized spacial score (nSPS) is 12.4. The number of sulfone groups is 1. The summed E-state index contributed by atoms with van der Waals surface area (Å²) in [5.74, 6) is -0.944. The Hall–Kier alpha value is -0.380. The van der Waals surface area contributed by atoms with E-state index in [0.29, 0.717) is 0 Å². The molecule has 0 bridgehead atoms. The molecule has 5 nitrogen and oxygen atoms in total. The summed E-state index contributed by atoms with van der Waals surface area (Å²) in [5.41, 5.74) is 0. The van der Waals surface area contributed by atoms with E-state index in [1.807, 2.05) is 0 Å². The van der Waals surface area contributed by atoms with E-state index in [-0.39, 0.29) is 34.8 Å². The van der Waals surface area contributed by atoms with Crippen molar-refractivity contribution < 1.29 is 26.0 Å². The predicted octanol–water partition coefficient (Wildman–Crippen LogP) is 2.72. The smallest absolute Gasteiger partial charge is 0.264 e. The summed E-state index contributed by atoms with van der Waals surface area (Å²) in [7, 11) is -2.18. The Morgan fingerprint density at radius 2 is 1.90 bits per heavy atom. The van der Waals surface area contributed by atoms with E-state index in [9.17, 15) is 21.2 Å². The highest BCUT2D eigenvalue weighted by Gasteiger charge is 2.19. The van der Waals surface area contributed by atoms with Gasteiger partial charge < -0.3 is 4.74 Å². The lowest BCUT2D eigenvalue weighted by molar-refractivity contribution is 0.313. The molecule has 21 heavy (non-hydrogen) atoms. The molecule has 1 rings (SSSR count). The maximum atomic E-state index is 13.6. The maximum absolute atomic E-state index is 13.6. The first-order valence-electron chi connectivity index (χ1n) is 5.84. The minimum absolute atomic E-state index is 0.0300. The van der Waals surface area contributed by atoms with Gasteiger partial charge in [0, 0.05) is 22.5 Å². The van der Waals surface area contributed by atoms with Crippen LogP contribution < -0.4 is 4.74 Å². The number of hydrogen-bond acceptors (Lipinski definition) is 5. The van der Waals surface area contributed by atoms with E-state index < -0.39 is 29.6 Å². The molecular weight excluding hydrogens is 411 g/mol. The topological polar surface area (TPSA) is 77.5 Å². The Balaban J connectivity index is 2.76. The second-order valence-electron chi connectivity index (χ2n) is 4.09. The SMILES string of the molecule is CCS(=O)(=O)CCCOc1cc(F)c(S(=O)(=O)Cl)cc1Br. The molecule has 0 spiro atoms. The van der Waals surface area contributed by atoms with E-state index in [0.717, 1.165) is 12.1 Å². The minimum atomic E-state index is -4.19. The molecule has 0 fully saturated rings. The van der Waals surface area contributed by atoms with Crippen molar-refractivity contribution in [1.29, 1.82) is 0 Å².